The van der Waals surface area contributed by atoms with Gasteiger partial charge in [0, 0.05) is 13.0 Å². The lowest BCUT2D eigenvalue weighted by atomic mass is 10.1. The van der Waals surface area contributed by atoms with Crippen LogP contribution in [0.2, 0.25) is 0 Å². The highest BCUT2D eigenvalue weighted by Gasteiger charge is 2.26. The van der Waals surface area contributed by atoms with Crippen LogP contribution in [0.1, 0.15) is 19.3 Å². The molecule has 0 bridgehead atoms. The summed E-state index contributed by atoms with van der Waals surface area (Å²) in [6.45, 7) is 0.169. The van der Waals surface area contributed by atoms with Crippen LogP contribution in [0.15, 0.2) is 24.3 Å². The first-order valence-electron chi connectivity index (χ1n) is 4.59. The summed E-state index contributed by atoms with van der Waals surface area (Å²) in [6, 6.07) is 0. The van der Waals surface area contributed by atoms with Gasteiger partial charge in [-0.2, -0.15) is 13.2 Å². The average Bonchev–Trinajstić information content (AvgIpc) is 2.13. The lowest BCUT2D eigenvalue weighted by Gasteiger charge is -2.14. The number of ether oxygens (including phenoxy) is 1. The standard InChI is InChI=1S/C10H13F3O/c11-10(12,13)7-4-8-14-9-5-2-1-3-6-9/h1-3,5,9H,4,6-8H2. The molecule has 14 heavy (non-hydrogen) atoms. The van der Waals surface area contributed by atoms with E-state index < -0.39 is 12.6 Å². The molecule has 0 amide bonds. The summed E-state index contributed by atoms with van der Waals surface area (Å²) in [5.41, 5.74) is 0. The average molecular weight is 206 g/mol. The minimum Gasteiger partial charge on any atom is -0.374 e. The summed E-state index contributed by atoms with van der Waals surface area (Å²) < 4.78 is 40.5. The summed E-state index contributed by atoms with van der Waals surface area (Å²) in [4.78, 5) is 0. The summed E-state index contributed by atoms with van der Waals surface area (Å²) in [5, 5.41) is 0. The van der Waals surface area contributed by atoms with E-state index in [9.17, 15) is 13.2 Å². The second kappa shape index (κ2) is 5.20. The maximum atomic E-state index is 11.7. The van der Waals surface area contributed by atoms with Gasteiger partial charge in [0.15, 0.2) is 0 Å². The van der Waals surface area contributed by atoms with Crippen molar-refractivity contribution < 1.29 is 17.9 Å². The van der Waals surface area contributed by atoms with Gasteiger partial charge in [-0.05, 0) is 12.8 Å². The quantitative estimate of drug-likeness (QED) is 0.641. The van der Waals surface area contributed by atoms with Crippen LogP contribution in [0.5, 0.6) is 0 Å². The Hall–Kier alpha value is -0.770. The van der Waals surface area contributed by atoms with E-state index in [2.05, 4.69) is 0 Å². The van der Waals surface area contributed by atoms with E-state index in [1.807, 2.05) is 24.3 Å². The molecule has 1 atom stereocenters. The van der Waals surface area contributed by atoms with Crippen LogP contribution >= 0.6 is 0 Å². The van der Waals surface area contributed by atoms with Crippen molar-refractivity contribution in [2.75, 3.05) is 6.61 Å². The third-order valence-electron chi connectivity index (χ3n) is 1.88. The third-order valence-corrected chi connectivity index (χ3v) is 1.88. The normalized spacial score (nSPS) is 21.5. The Morgan fingerprint density at radius 3 is 2.64 bits per heavy atom. The minimum atomic E-state index is -4.06. The van der Waals surface area contributed by atoms with E-state index in [1.54, 1.807) is 0 Å². The molecular weight excluding hydrogens is 193 g/mol. The number of alkyl halides is 3. The number of rotatable bonds is 4. The van der Waals surface area contributed by atoms with Gasteiger partial charge in [-0.1, -0.05) is 24.3 Å². The van der Waals surface area contributed by atoms with Gasteiger partial charge in [-0.3, -0.25) is 0 Å². The molecule has 1 unspecified atom stereocenters. The van der Waals surface area contributed by atoms with Gasteiger partial charge < -0.3 is 4.74 Å². The van der Waals surface area contributed by atoms with Crippen molar-refractivity contribution in [2.24, 2.45) is 0 Å². The van der Waals surface area contributed by atoms with Gasteiger partial charge in [0.1, 0.15) is 0 Å². The predicted molar refractivity (Wildman–Crippen MR) is 47.9 cm³/mol. The molecule has 0 N–H and O–H groups in total. The molecule has 0 radical (unpaired) electrons. The van der Waals surface area contributed by atoms with Gasteiger partial charge in [0.25, 0.3) is 0 Å². The highest BCUT2D eigenvalue weighted by Crippen LogP contribution is 2.21. The first-order chi connectivity index (χ1) is 6.58. The number of hydrogen-bond donors (Lipinski definition) is 0. The molecule has 80 valence electrons. The Bertz CT molecular complexity index is 218. The molecule has 0 spiro atoms. The smallest absolute Gasteiger partial charge is 0.374 e. The monoisotopic (exact) mass is 206 g/mol. The van der Waals surface area contributed by atoms with E-state index in [0.717, 1.165) is 6.42 Å². The van der Waals surface area contributed by atoms with E-state index in [-0.39, 0.29) is 19.1 Å². The SMILES string of the molecule is FC(F)(F)CCCOC1C=CC=CC1. The molecule has 1 aliphatic rings. The molecule has 0 saturated heterocycles. The fourth-order valence-corrected chi connectivity index (χ4v) is 1.19. The summed E-state index contributed by atoms with van der Waals surface area (Å²) in [5.74, 6) is 0. The predicted octanol–water partition coefficient (Wildman–Crippen LogP) is 3.23. The van der Waals surface area contributed by atoms with E-state index >= 15 is 0 Å². The first-order valence-corrected chi connectivity index (χ1v) is 4.59. The zero-order chi connectivity index (χ0) is 10.4. The molecule has 0 saturated carbocycles. The third kappa shape index (κ3) is 5.07. The van der Waals surface area contributed by atoms with Crippen LogP contribution in [0.25, 0.3) is 0 Å². The van der Waals surface area contributed by atoms with Crippen molar-refractivity contribution in [2.45, 2.75) is 31.5 Å². The highest BCUT2D eigenvalue weighted by atomic mass is 19.4. The Morgan fingerprint density at radius 2 is 2.07 bits per heavy atom. The lowest BCUT2D eigenvalue weighted by Crippen LogP contribution is -2.14. The Labute approximate surface area is 81.2 Å². The van der Waals surface area contributed by atoms with Crippen molar-refractivity contribution in [3.05, 3.63) is 24.3 Å². The maximum absolute atomic E-state index is 11.7. The second-order valence-corrected chi connectivity index (χ2v) is 3.18. The van der Waals surface area contributed by atoms with Gasteiger partial charge >= 0.3 is 6.18 Å². The largest absolute Gasteiger partial charge is 0.389 e. The summed E-state index contributed by atoms with van der Waals surface area (Å²) in [6.07, 6.45) is 3.45. The van der Waals surface area contributed by atoms with Crippen molar-refractivity contribution in [3.63, 3.8) is 0 Å². The molecule has 4 heteroatoms. The Balaban J connectivity index is 2.04. The zero-order valence-electron chi connectivity index (χ0n) is 7.76. The van der Waals surface area contributed by atoms with E-state index in [0.29, 0.717) is 0 Å². The molecule has 1 aliphatic carbocycles. The second-order valence-electron chi connectivity index (χ2n) is 3.18. The van der Waals surface area contributed by atoms with Crippen molar-refractivity contribution in [1.82, 2.24) is 0 Å². The summed E-state index contributed by atoms with van der Waals surface area (Å²) in [7, 11) is 0. The number of allylic oxidation sites excluding steroid dienone is 2. The van der Waals surface area contributed by atoms with Crippen molar-refractivity contribution in [3.8, 4) is 0 Å². The molecule has 0 aromatic carbocycles. The zero-order valence-corrected chi connectivity index (χ0v) is 7.76. The fourth-order valence-electron chi connectivity index (χ4n) is 1.19. The van der Waals surface area contributed by atoms with Gasteiger partial charge in [-0.25, -0.2) is 0 Å². The molecule has 0 aromatic heterocycles. The molecule has 1 rings (SSSR count). The number of hydrogen-bond acceptors (Lipinski definition) is 1. The number of halogens is 3. The minimum absolute atomic E-state index is 0.0392. The van der Waals surface area contributed by atoms with E-state index in [1.165, 1.54) is 0 Å². The van der Waals surface area contributed by atoms with Crippen LogP contribution in [0, 0.1) is 0 Å². The Morgan fingerprint density at radius 1 is 1.29 bits per heavy atom. The van der Waals surface area contributed by atoms with E-state index in [4.69, 9.17) is 4.74 Å². The molecule has 0 aliphatic heterocycles. The molecule has 1 nitrogen and oxygen atoms in total. The van der Waals surface area contributed by atoms with Crippen LogP contribution < -0.4 is 0 Å². The first kappa shape index (κ1) is 11.3. The van der Waals surface area contributed by atoms with Crippen molar-refractivity contribution in [1.29, 1.82) is 0 Å². The van der Waals surface area contributed by atoms with Crippen LogP contribution in [0.4, 0.5) is 13.2 Å². The molecule has 0 heterocycles. The molecule has 0 aromatic rings. The topological polar surface area (TPSA) is 9.23 Å². The van der Waals surface area contributed by atoms with Gasteiger partial charge in [-0.15, -0.1) is 0 Å². The lowest BCUT2D eigenvalue weighted by molar-refractivity contribution is -0.138. The maximum Gasteiger partial charge on any atom is 0.389 e. The molecular formula is C10H13F3O. The van der Waals surface area contributed by atoms with Gasteiger partial charge in [0.05, 0.1) is 6.10 Å². The van der Waals surface area contributed by atoms with Gasteiger partial charge in [0.2, 0.25) is 0 Å². The molecule has 0 fully saturated rings. The fraction of sp³-hybridized carbons (Fsp3) is 0.600. The van der Waals surface area contributed by atoms with Crippen LogP contribution in [-0.4, -0.2) is 18.9 Å². The summed E-state index contributed by atoms with van der Waals surface area (Å²) >= 11 is 0. The Kier molecular flexibility index (Phi) is 4.20. The van der Waals surface area contributed by atoms with Crippen molar-refractivity contribution >= 4 is 0 Å². The highest BCUT2D eigenvalue weighted by molar-refractivity contribution is 5.11. The van der Waals surface area contributed by atoms with Crippen LogP contribution in [-0.2, 0) is 4.74 Å². The van der Waals surface area contributed by atoms with Crippen LogP contribution in [0.3, 0.4) is 0 Å².